The maximum atomic E-state index is 13.2. The third kappa shape index (κ3) is 4.31. The largest absolute Gasteiger partial charge is 0.434 e. The fourth-order valence-corrected chi connectivity index (χ4v) is 4.04. The van der Waals surface area contributed by atoms with Crippen molar-refractivity contribution in [1.29, 1.82) is 0 Å². The molecule has 0 radical (unpaired) electrons. The van der Waals surface area contributed by atoms with Gasteiger partial charge < -0.3 is 5.32 Å². The molecular formula is C22H17BrF3N5O. The van der Waals surface area contributed by atoms with Crippen LogP contribution >= 0.6 is 15.9 Å². The lowest BCUT2D eigenvalue weighted by Crippen LogP contribution is -2.24. The van der Waals surface area contributed by atoms with Crippen molar-refractivity contribution in [3.8, 4) is 16.9 Å². The number of carbonyl (C=O) groups excluding carboxylic acids is 1. The van der Waals surface area contributed by atoms with Gasteiger partial charge in [-0.3, -0.25) is 9.48 Å². The van der Waals surface area contributed by atoms with E-state index in [4.69, 9.17) is 0 Å². The van der Waals surface area contributed by atoms with Gasteiger partial charge in [0.05, 0.1) is 15.9 Å². The summed E-state index contributed by atoms with van der Waals surface area (Å²) < 4.78 is 41.6. The number of benzene rings is 2. The Labute approximate surface area is 189 Å². The quantitative estimate of drug-likeness (QED) is 0.417. The number of carbonyl (C=O) groups is 1. The van der Waals surface area contributed by atoms with Crippen LogP contribution in [0.2, 0.25) is 0 Å². The highest BCUT2D eigenvalue weighted by Gasteiger charge is 2.39. The molecular weight excluding hydrogens is 487 g/mol. The SMILES string of the molecule is Cn1nc(C(=O)NCc2cn(-c3ccccc3)nc2-c2ccccc2)c(Br)c1C(F)(F)F. The maximum absolute atomic E-state index is 13.2. The zero-order valence-electron chi connectivity index (χ0n) is 16.8. The van der Waals surface area contributed by atoms with Gasteiger partial charge in [-0.25, -0.2) is 4.68 Å². The Kier molecular flexibility index (Phi) is 5.88. The van der Waals surface area contributed by atoms with Crippen LogP contribution in [0.4, 0.5) is 13.2 Å². The van der Waals surface area contributed by atoms with Crippen LogP contribution in [0.5, 0.6) is 0 Å². The number of aryl methyl sites for hydroxylation is 1. The number of alkyl halides is 3. The van der Waals surface area contributed by atoms with Crippen molar-refractivity contribution in [2.24, 2.45) is 7.05 Å². The molecule has 1 N–H and O–H groups in total. The zero-order chi connectivity index (χ0) is 22.9. The van der Waals surface area contributed by atoms with Gasteiger partial charge in [-0.05, 0) is 28.1 Å². The molecule has 0 atom stereocenters. The molecule has 2 aromatic heterocycles. The Hall–Kier alpha value is -3.40. The number of hydrogen-bond acceptors (Lipinski definition) is 3. The lowest BCUT2D eigenvalue weighted by Gasteiger charge is -2.06. The predicted molar refractivity (Wildman–Crippen MR) is 116 cm³/mol. The summed E-state index contributed by atoms with van der Waals surface area (Å²) in [5, 5.41) is 11.1. The van der Waals surface area contributed by atoms with Crippen molar-refractivity contribution in [2.75, 3.05) is 0 Å². The molecule has 10 heteroatoms. The first-order valence-electron chi connectivity index (χ1n) is 9.53. The van der Waals surface area contributed by atoms with Crippen LogP contribution in [0.3, 0.4) is 0 Å². The number of para-hydroxylation sites is 1. The van der Waals surface area contributed by atoms with Gasteiger partial charge in [0.25, 0.3) is 5.91 Å². The number of aromatic nitrogens is 4. The molecule has 0 aliphatic rings. The number of hydrogen-bond donors (Lipinski definition) is 1. The first kappa shape index (κ1) is 21.8. The molecule has 0 saturated heterocycles. The lowest BCUT2D eigenvalue weighted by molar-refractivity contribution is -0.144. The van der Waals surface area contributed by atoms with Crippen LogP contribution in [0.1, 0.15) is 21.7 Å². The van der Waals surface area contributed by atoms with E-state index in [-0.39, 0.29) is 12.2 Å². The topological polar surface area (TPSA) is 64.7 Å². The first-order valence-corrected chi connectivity index (χ1v) is 10.3. The summed E-state index contributed by atoms with van der Waals surface area (Å²) in [6, 6.07) is 18.9. The van der Waals surface area contributed by atoms with Crippen molar-refractivity contribution in [2.45, 2.75) is 12.7 Å². The van der Waals surface area contributed by atoms with Gasteiger partial charge in [0, 0.05) is 30.9 Å². The van der Waals surface area contributed by atoms with E-state index in [1.165, 1.54) is 0 Å². The van der Waals surface area contributed by atoms with Crippen LogP contribution in [0.25, 0.3) is 16.9 Å². The summed E-state index contributed by atoms with van der Waals surface area (Å²) in [4.78, 5) is 12.6. The average Bonchev–Trinajstić information content (AvgIpc) is 3.33. The second-order valence-corrected chi connectivity index (χ2v) is 7.76. The summed E-state index contributed by atoms with van der Waals surface area (Å²) >= 11 is 2.87. The second-order valence-electron chi connectivity index (χ2n) is 6.96. The minimum atomic E-state index is -4.64. The van der Waals surface area contributed by atoms with E-state index in [9.17, 15) is 18.0 Å². The summed E-state index contributed by atoms with van der Waals surface area (Å²) in [5.74, 6) is -0.727. The maximum Gasteiger partial charge on any atom is 0.434 e. The molecule has 164 valence electrons. The van der Waals surface area contributed by atoms with Gasteiger partial charge >= 0.3 is 6.18 Å². The third-order valence-electron chi connectivity index (χ3n) is 4.77. The molecule has 2 aromatic carbocycles. The van der Waals surface area contributed by atoms with Gasteiger partial charge in [0.15, 0.2) is 11.4 Å². The minimum Gasteiger partial charge on any atom is -0.346 e. The minimum absolute atomic E-state index is 0.0558. The van der Waals surface area contributed by atoms with E-state index < -0.39 is 22.3 Å². The Balaban J connectivity index is 1.63. The van der Waals surface area contributed by atoms with Crippen LogP contribution in [0.15, 0.2) is 71.3 Å². The number of nitrogens with one attached hydrogen (secondary N) is 1. The van der Waals surface area contributed by atoms with E-state index in [1.807, 2.05) is 60.7 Å². The lowest BCUT2D eigenvalue weighted by atomic mass is 10.1. The highest BCUT2D eigenvalue weighted by atomic mass is 79.9. The van der Waals surface area contributed by atoms with Crippen molar-refractivity contribution in [3.05, 3.63) is 88.3 Å². The van der Waals surface area contributed by atoms with E-state index >= 15 is 0 Å². The molecule has 2 heterocycles. The van der Waals surface area contributed by atoms with Gasteiger partial charge in [-0.15, -0.1) is 0 Å². The van der Waals surface area contributed by atoms with E-state index in [0.29, 0.717) is 15.9 Å². The Bertz CT molecular complexity index is 1250. The molecule has 4 aromatic rings. The van der Waals surface area contributed by atoms with Crippen molar-refractivity contribution in [1.82, 2.24) is 24.9 Å². The fourth-order valence-electron chi connectivity index (χ4n) is 3.30. The second kappa shape index (κ2) is 8.62. The summed E-state index contributed by atoms with van der Waals surface area (Å²) in [7, 11) is 1.14. The Morgan fingerprint density at radius 2 is 1.66 bits per heavy atom. The molecule has 0 spiro atoms. The molecule has 0 fully saturated rings. The van der Waals surface area contributed by atoms with Crippen LogP contribution in [0, 0.1) is 0 Å². The molecule has 32 heavy (non-hydrogen) atoms. The highest BCUT2D eigenvalue weighted by Crippen LogP contribution is 2.36. The fraction of sp³-hybridized carbons (Fsp3) is 0.136. The van der Waals surface area contributed by atoms with Crippen molar-refractivity contribution >= 4 is 21.8 Å². The highest BCUT2D eigenvalue weighted by molar-refractivity contribution is 9.10. The molecule has 6 nitrogen and oxygen atoms in total. The first-order chi connectivity index (χ1) is 15.3. The summed E-state index contributed by atoms with van der Waals surface area (Å²) in [6.07, 6.45) is -2.86. The molecule has 0 saturated carbocycles. The number of amides is 1. The zero-order valence-corrected chi connectivity index (χ0v) is 18.4. The molecule has 0 bridgehead atoms. The number of halogens is 4. The van der Waals surface area contributed by atoms with Gasteiger partial charge in [-0.2, -0.15) is 23.4 Å². The van der Waals surface area contributed by atoms with E-state index in [2.05, 4.69) is 31.4 Å². The third-order valence-corrected chi connectivity index (χ3v) is 5.52. The summed E-state index contributed by atoms with van der Waals surface area (Å²) in [6.45, 7) is 0.0558. The van der Waals surface area contributed by atoms with Crippen molar-refractivity contribution < 1.29 is 18.0 Å². The average molecular weight is 504 g/mol. The van der Waals surface area contributed by atoms with Crippen LogP contribution in [-0.2, 0) is 19.8 Å². The van der Waals surface area contributed by atoms with Crippen LogP contribution in [-0.4, -0.2) is 25.5 Å². The van der Waals surface area contributed by atoms with Gasteiger partial charge in [0.2, 0.25) is 0 Å². The monoisotopic (exact) mass is 503 g/mol. The number of rotatable bonds is 5. The van der Waals surface area contributed by atoms with E-state index in [0.717, 1.165) is 18.3 Å². The predicted octanol–water partition coefficient (Wildman–Crippen LogP) is 4.98. The van der Waals surface area contributed by atoms with Gasteiger partial charge in [0.1, 0.15) is 0 Å². The van der Waals surface area contributed by atoms with E-state index in [1.54, 1.807) is 10.9 Å². The molecule has 0 unspecified atom stereocenters. The number of nitrogens with zero attached hydrogens (tertiary/aromatic N) is 4. The molecule has 1 amide bonds. The summed E-state index contributed by atoms with van der Waals surface area (Å²) in [5.41, 5.74) is 1.69. The Morgan fingerprint density at radius 3 is 2.25 bits per heavy atom. The van der Waals surface area contributed by atoms with Gasteiger partial charge in [-0.1, -0.05) is 48.5 Å². The molecule has 0 aliphatic carbocycles. The van der Waals surface area contributed by atoms with Crippen molar-refractivity contribution in [3.63, 3.8) is 0 Å². The smallest absolute Gasteiger partial charge is 0.346 e. The standard InChI is InChI=1S/C22H17BrF3N5O/c1-30-20(22(24,25)26)17(23)19(28-30)21(32)27-12-15-13-31(16-10-6-3-7-11-16)29-18(15)14-8-4-2-5-9-14/h2-11,13H,12H2,1H3,(H,27,32). The van der Waals surface area contributed by atoms with Crippen LogP contribution < -0.4 is 5.32 Å². The molecule has 0 aliphatic heterocycles. The molecule has 4 rings (SSSR count). The Morgan fingerprint density at radius 1 is 1.03 bits per heavy atom. The normalized spacial score (nSPS) is 11.5.